The topological polar surface area (TPSA) is 47.6 Å². The van der Waals surface area contributed by atoms with Gasteiger partial charge in [0.1, 0.15) is 12.4 Å². The number of amides is 1. The Morgan fingerprint density at radius 2 is 1.68 bits per heavy atom. The maximum Gasteiger partial charge on any atom is 0.224 e. The summed E-state index contributed by atoms with van der Waals surface area (Å²) in [4.78, 5) is 12.1. The number of methoxy groups -OCH3 is 1. The van der Waals surface area contributed by atoms with Gasteiger partial charge in [0.15, 0.2) is 11.5 Å². The molecule has 3 aromatic rings. The van der Waals surface area contributed by atoms with Crippen molar-refractivity contribution in [1.29, 1.82) is 0 Å². The van der Waals surface area contributed by atoms with Gasteiger partial charge in [0.25, 0.3) is 0 Å². The van der Waals surface area contributed by atoms with E-state index < -0.39 is 0 Å². The summed E-state index contributed by atoms with van der Waals surface area (Å²) in [7, 11) is 1.58. The number of benzene rings is 3. The average molecular weight is 379 g/mol. The second kappa shape index (κ2) is 9.55. The van der Waals surface area contributed by atoms with Crippen LogP contribution >= 0.6 is 0 Å². The van der Waals surface area contributed by atoms with Gasteiger partial charge < -0.3 is 14.8 Å². The fourth-order valence-electron chi connectivity index (χ4n) is 2.77. The SMILES string of the molecule is COc1cc(CNC(=O)Cc2cccc(F)c2)ccc1OCc1ccccc1. The molecular weight excluding hydrogens is 357 g/mol. The van der Waals surface area contributed by atoms with E-state index in [9.17, 15) is 9.18 Å². The molecule has 1 N–H and O–H groups in total. The second-order valence-electron chi connectivity index (χ2n) is 6.34. The molecule has 0 saturated heterocycles. The monoisotopic (exact) mass is 379 g/mol. The zero-order valence-electron chi connectivity index (χ0n) is 15.7. The van der Waals surface area contributed by atoms with Gasteiger partial charge in [-0.25, -0.2) is 4.39 Å². The number of carbonyl (C=O) groups is 1. The van der Waals surface area contributed by atoms with E-state index in [0.29, 0.717) is 30.2 Å². The van der Waals surface area contributed by atoms with Crippen molar-refractivity contribution in [2.45, 2.75) is 19.6 Å². The number of hydrogen-bond acceptors (Lipinski definition) is 3. The summed E-state index contributed by atoms with van der Waals surface area (Å²) in [6, 6.07) is 21.5. The molecule has 0 aliphatic rings. The van der Waals surface area contributed by atoms with Crippen LogP contribution in [0.15, 0.2) is 72.8 Å². The Morgan fingerprint density at radius 3 is 2.43 bits per heavy atom. The molecule has 0 aliphatic carbocycles. The molecule has 4 nitrogen and oxygen atoms in total. The normalized spacial score (nSPS) is 10.4. The molecule has 0 heterocycles. The number of halogens is 1. The smallest absolute Gasteiger partial charge is 0.224 e. The molecule has 0 saturated carbocycles. The van der Waals surface area contributed by atoms with Crippen molar-refractivity contribution >= 4 is 5.91 Å². The van der Waals surface area contributed by atoms with Gasteiger partial charge in [-0.1, -0.05) is 48.5 Å². The van der Waals surface area contributed by atoms with Crippen LogP contribution in [-0.4, -0.2) is 13.0 Å². The van der Waals surface area contributed by atoms with E-state index in [1.807, 2.05) is 48.5 Å². The summed E-state index contributed by atoms with van der Waals surface area (Å²) in [5.74, 6) is 0.726. The third kappa shape index (κ3) is 5.58. The molecule has 5 heteroatoms. The molecule has 144 valence electrons. The van der Waals surface area contributed by atoms with E-state index in [4.69, 9.17) is 9.47 Å². The quantitative estimate of drug-likeness (QED) is 0.636. The lowest BCUT2D eigenvalue weighted by Gasteiger charge is -2.13. The second-order valence-corrected chi connectivity index (χ2v) is 6.34. The Morgan fingerprint density at radius 1 is 0.893 bits per heavy atom. The fraction of sp³-hybridized carbons (Fsp3) is 0.174. The Kier molecular flexibility index (Phi) is 6.63. The number of hydrogen-bond donors (Lipinski definition) is 1. The molecule has 3 rings (SSSR count). The van der Waals surface area contributed by atoms with Gasteiger partial charge in [-0.05, 0) is 41.0 Å². The van der Waals surface area contributed by atoms with Gasteiger partial charge in [0.05, 0.1) is 13.5 Å². The summed E-state index contributed by atoms with van der Waals surface area (Å²) in [5, 5.41) is 2.84. The number of carbonyl (C=O) groups excluding carboxylic acids is 1. The average Bonchev–Trinajstić information content (AvgIpc) is 2.71. The summed E-state index contributed by atoms with van der Waals surface area (Å²) in [6.07, 6.45) is 0.132. The van der Waals surface area contributed by atoms with Crippen LogP contribution in [-0.2, 0) is 24.4 Å². The highest BCUT2D eigenvalue weighted by atomic mass is 19.1. The standard InChI is InChI=1S/C23H22FNO3/c1-27-22-13-19(10-11-21(22)28-16-17-6-3-2-4-7-17)15-25-23(26)14-18-8-5-9-20(24)12-18/h2-13H,14-16H2,1H3,(H,25,26). The first-order chi connectivity index (χ1) is 13.6. The van der Waals surface area contributed by atoms with E-state index in [-0.39, 0.29) is 18.1 Å². The molecule has 0 spiro atoms. The van der Waals surface area contributed by atoms with Gasteiger partial charge in [0, 0.05) is 6.54 Å². The fourth-order valence-corrected chi connectivity index (χ4v) is 2.77. The molecule has 0 radical (unpaired) electrons. The van der Waals surface area contributed by atoms with Crippen molar-refractivity contribution in [1.82, 2.24) is 5.32 Å². The summed E-state index contributed by atoms with van der Waals surface area (Å²) >= 11 is 0. The van der Waals surface area contributed by atoms with Crippen LogP contribution in [0.1, 0.15) is 16.7 Å². The van der Waals surface area contributed by atoms with E-state index >= 15 is 0 Å². The highest BCUT2D eigenvalue weighted by Crippen LogP contribution is 2.28. The van der Waals surface area contributed by atoms with Gasteiger partial charge in [-0.15, -0.1) is 0 Å². The number of rotatable bonds is 8. The third-order valence-electron chi connectivity index (χ3n) is 4.21. The van der Waals surface area contributed by atoms with E-state index in [2.05, 4.69) is 5.32 Å². The molecule has 28 heavy (non-hydrogen) atoms. The van der Waals surface area contributed by atoms with E-state index in [1.54, 1.807) is 19.2 Å². The van der Waals surface area contributed by atoms with Crippen molar-refractivity contribution in [3.63, 3.8) is 0 Å². The molecule has 0 fully saturated rings. The maximum absolute atomic E-state index is 13.2. The minimum atomic E-state index is -0.346. The first-order valence-corrected chi connectivity index (χ1v) is 8.99. The summed E-state index contributed by atoms with van der Waals surface area (Å²) in [5.41, 5.74) is 2.59. The summed E-state index contributed by atoms with van der Waals surface area (Å²) in [6.45, 7) is 0.796. The van der Waals surface area contributed by atoms with Crippen molar-refractivity contribution in [3.05, 3.63) is 95.3 Å². The summed E-state index contributed by atoms with van der Waals surface area (Å²) < 4.78 is 24.5. The Labute approximate surface area is 163 Å². The molecule has 0 bridgehead atoms. The zero-order chi connectivity index (χ0) is 19.8. The predicted octanol–water partition coefficient (Wildman–Crippen LogP) is 4.27. The molecule has 0 atom stereocenters. The Hall–Kier alpha value is -3.34. The van der Waals surface area contributed by atoms with Crippen LogP contribution in [0.5, 0.6) is 11.5 Å². The molecule has 1 amide bonds. The first kappa shape index (κ1) is 19.4. The number of ether oxygens (including phenoxy) is 2. The lowest BCUT2D eigenvalue weighted by atomic mass is 10.1. The maximum atomic E-state index is 13.2. The first-order valence-electron chi connectivity index (χ1n) is 8.99. The highest BCUT2D eigenvalue weighted by molar-refractivity contribution is 5.78. The molecule has 3 aromatic carbocycles. The molecule has 0 aliphatic heterocycles. The third-order valence-corrected chi connectivity index (χ3v) is 4.21. The zero-order valence-corrected chi connectivity index (χ0v) is 15.7. The van der Waals surface area contributed by atoms with Gasteiger partial charge >= 0.3 is 0 Å². The Balaban J connectivity index is 1.56. The van der Waals surface area contributed by atoms with Crippen LogP contribution < -0.4 is 14.8 Å². The van der Waals surface area contributed by atoms with Crippen LogP contribution in [0.25, 0.3) is 0 Å². The van der Waals surface area contributed by atoms with Crippen LogP contribution in [0.4, 0.5) is 4.39 Å². The van der Waals surface area contributed by atoms with E-state index in [0.717, 1.165) is 11.1 Å². The number of nitrogens with one attached hydrogen (secondary N) is 1. The largest absolute Gasteiger partial charge is 0.493 e. The predicted molar refractivity (Wildman–Crippen MR) is 106 cm³/mol. The minimum absolute atomic E-state index is 0.132. The highest BCUT2D eigenvalue weighted by Gasteiger charge is 2.08. The van der Waals surface area contributed by atoms with Crippen LogP contribution in [0, 0.1) is 5.82 Å². The molecule has 0 aromatic heterocycles. The van der Waals surface area contributed by atoms with Crippen molar-refractivity contribution in [3.8, 4) is 11.5 Å². The van der Waals surface area contributed by atoms with Crippen LogP contribution in [0.3, 0.4) is 0 Å². The molecular formula is C23H22FNO3. The minimum Gasteiger partial charge on any atom is -0.493 e. The van der Waals surface area contributed by atoms with Crippen molar-refractivity contribution < 1.29 is 18.7 Å². The van der Waals surface area contributed by atoms with Crippen molar-refractivity contribution in [2.24, 2.45) is 0 Å². The molecule has 0 unspecified atom stereocenters. The van der Waals surface area contributed by atoms with Gasteiger partial charge in [-0.2, -0.15) is 0 Å². The van der Waals surface area contributed by atoms with Gasteiger partial charge in [-0.3, -0.25) is 4.79 Å². The van der Waals surface area contributed by atoms with Crippen molar-refractivity contribution in [2.75, 3.05) is 7.11 Å². The lowest BCUT2D eigenvalue weighted by Crippen LogP contribution is -2.24. The lowest BCUT2D eigenvalue weighted by molar-refractivity contribution is -0.120. The van der Waals surface area contributed by atoms with Crippen LogP contribution in [0.2, 0.25) is 0 Å². The Bertz CT molecular complexity index is 928. The van der Waals surface area contributed by atoms with Gasteiger partial charge in [0.2, 0.25) is 5.91 Å². The van der Waals surface area contributed by atoms with E-state index in [1.165, 1.54) is 12.1 Å².